The average Bonchev–Trinajstić information content (AvgIpc) is 3.30. The summed E-state index contributed by atoms with van der Waals surface area (Å²) in [6.45, 7) is 8.66. The van der Waals surface area contributed by atoms with Gasteiger partial charge >= 0.3 is 17.9 Å². The molecule has 0 bridgehead atoms. The number of benzene rings is 1. The van der Waals surface area contributed by atoms with Crippen molar-refractivity contribution in [3.8, 4) is 0 Å². The van der Waals surface area contributed by atoms with Crippen molar-refractivity contribution in [1.82, 2.24) is 0 Å². The van der Waals surface area contributed by atoms with E-state index >= 15 is 0 Å². The summed E-state index contributed by atoms with van der Waals surface area (Å²) >= 11 is 0. The Bertz CT molecular complexity index is 1090. The summed E-state index contributed by atoms with van der Waals surface area (Å²) in [7, 11) is 1.46. The van der Waals surface area contributed by atoms with Gasteiger partial charge in [-0.1, -0.05) is 39.0 Å². The van der Waals surface area contributed by atoms with Gasteiger partial charge in [-0.25, -0.2) is 4.79 Å². The number of esters is 3. The third-order valence-corrected chi connectivity index (χ3v) is 12.1. The van der Waals surface area contributed by atoms with Crippen molar-refractivity contribution in [2.24, 2.45) is 46.3 Å². The van der Waals surface area contributed by atoms with Crippen LogP contribution < -0.4 is 0 Å². The molecule has 4 saturated carbocycles. The summed E-state index contributed by atoms with van der Waals surface area (Å²) in [6, 6.07) is 9.38. The van der Waals surface area contributed by atoms with Crippen LogP contribution in [0.4, 0.5) is 0 Å². The quantitative estimate of drug-likeness (QED) is 0.268. The van der Waals surface area contributed by atoms with Crippen molar-refractivity contribution in [3.05, 3.63) is 35.9 Å². The SMILES string of the molecule is COC(=O)CC[C@@H](C)C1CCC2C3CC[C@H]4C[C@H](OC(C)=O)CCC4(C)C3C[C@@H](OC(=O)c3ccccc3)C21C. The maximum absolute atomic E-state index is 13.5. The van der Waals surface area contributed by atoms with E-state index in [0.29, 0.717) is 47.5 Å². The lowest BCUT2D eigenvalue weighted by atomic mass is 9.43. The lowest BCUT2D eigenvalue weighted by molar-refractivity contribution is -0.181. The van der Waals surface area contributed by atoms with E-state index in [-0.39, 0.29) is 40.9 Å². The summed E-state index contributed by atoms with van der Waals surface area (Å²) in [5.41, 5.74) is 0.638. The Balaban J connectivity index is 1.44. The van der Waals surface area contributed by atoms with Crippen molar-refractivity contribution >= 4 is 17.9 Å². The number of methoxy groups -OCH3 is 1. The number of fused-ring (bicyclic) bond motifs is 5. The van der Waals surface area contributed by atoms with Crippen LogP contribution in [-0.4, -0.2) is 37.2 Å². The van der Waals surface area contributed by atoms with Gasteiger partial charge in [0.15, 0.2) is 0 Å². The second-order valence-corrected chi connectivity index (χ2v) is 13.8. The van der Waals surface area contributed by atoms with Gasteiger partial charge in [0.2, 0.25) is 0 Å². The molecule has 0 radical (unpaired) electrons. The molecule has 0 heterocycles. The van der Waals surface area contributed by atoms with Gasteiger partial charge in [-0.2, -0.15) is 0 Å². The fourth-order valence-corrected chi connectivity index (χ4v) is 10.1. The maximum Gasteiger partial charge on any atom is 0.338 e. The summed E-state index contributed by atoms with van der Waals surface area (Å²) in [4.78, 5) is 37.2. The molecular weight excluding hydrogens is 504 g/mol. The molecule has 0 aromatic heterocycles. The lowest BCUT2D eigenvalue weighted by Crippen LogP contribution is -2.59. The van der Waals surface area contributed by atoms with E-state index in [2.05, 4.69) is 20.8 Å². The zero-order chi connectivity index (χ0) is 28.7. The van der Waals surface area contributed by atoms with E-state index in [1.54, 1.807) is 0 Å². The van der Waals surface area contributed by atoms with E-state index < -0.39 is 0 Å². The molecule has 1 aromatic carbocycles. The molecule has 6 heteroatoms. The first-order valence-corrected chi connectivity index (χ1v) is 15.6. The highest BCUT2D eigenvalue weighted by molar-refractivity contribution is 5.89. The predicted molar refractivity (Wildman–Crippen MR) is 152 cm³/mol. The molecule has 0 amide bonds. The lowest BCUT2D eigenvalue weighted by Gasteiger charge is -2.62. The average molecular weight is 553 g/mol. The van der Waals surface area contributed by atoms with Crippen molar-refractivity contribution in [3.63, 3.8) is 0 Å². The van der Waals surface area contributed by atoms with Crippen molar-refractivity contribution in [1.29, 1.82) is 0 Å². The first kappa shape index (κ1) is 29.1. The minimum atomic E-state index is -0.229. The molecule has 1 aromatic rings. The largest absolute Gasteiger partial charge is 0.469 e. The number of hydrogen-bond acceptors (Lipinski definition) is 6. The molecule has 4 aliphatic carbocycles. The van der Waals surface area contributed by atoms with Crippen LogP contribution in [0.3, 0.4) is 0 Å². The molecule has 0 aliphatic heterocycles. The van der Waals surface area contributed by atoms with Crippen LogP contribution >= 0.6 is 0 Å². The molecule has 0 spiro atoms. The minimum Gasteiger partial charge on any atom is -0.469 e. The Morgan fingerprint density at radius 2 is 1.70 bits per heavy atom. The molecule has 4 fully saturated rings. The van der Waals surface area contributed by atoms with Crippen molar-refractivity contribution < 1.29 is 28.6 Å². The highest BCUT2D eigenvalue weighted by atomic mass is 16.5. The van der Waals surface area contributed by atoms with Gasteiger partial charge < -0.3 is 14.2 Å². The monoisotopic (exact) mass is 552 g/mol. The van der Waals surface area contributed by atoms with Gasteiger partial charge in [-0.15, -0.1) is 0 Å². The van der Waals surface area contributed by atoms with Crippen LogP contribution in [0.15, 0.2) is 30.3 Å². The summed E-state index contributed by atoms with van der Waals surface area (Å²) in [6.07, 6.45) is 9.54. The van der Waals surface area contributed by atoms with Crippen LogP contribution in [0.5, 0.6) is 0 Å². The maximum atomic E-state index is 13.5. The third kappa shape index (κ3) is 5.20. The molecule has 6 unspecified atom stereocenters. The number of carbonyl (C=O) groups is 3. The molecule has 0 saturated heterocycles. The Kier molecular flexibility index (Phi) is 8.37. The van der Waals surface area contributed by atoms with Gasteiger partial charge in [-0.3, -0.25) is 9.59 Å². The zero-order valence-corrected chi connectivity index (χ0v) is 25.0. The van der Waals surface area contributed by atoms with Gasteiger partial charge in [-0.05, 0) is 111 Å². The first-order valence-electron chi connectivity index (χ1n) is 15.6. The van der Waals surface area contributed by atoms with Crippen LogP contribution in [0, 0.1) is 46.3 Å². The predicted octanol–water partition coefficient (Wildman–Crippen LogP) is 7.00. The van der Waals surface area contributed by atoms with E-state index in [9.17, 15) is 14.4 Å². The van der Waals surface area contributed by atoms with Crippen LogP contribution in [0.2, 0.25) is 0 Å². The number of hydrogen-bond donors (Lipinski definition) is 0. The van der Waals surface area contributed by atoms with Gasteiger partial charge in [0, 0.05) is 18.8 Å². The number of rotatable bonds is 7. The van der Waals surface area contributed by atoms with E-state index in [1.165, 1.54) is 26.9 Å². The van der Waals surface area contributed by atoms with Crippen LogP contribution in [0.25, 0.3) is 0 Å². The van der Waals surface area contributed by atoms with E-state index in [0.717, 1.165) is 44.9 Å². The Labute approximate surface area is 239 Å². The van der Waals surface area contributed by atoms with E-state index in [1.807, 2.05) is 30.3 Å². The smallest absolute Gasteiger partial charge is 0.338 e. The molecule has 40 heavy (non-hydrogen) atoms. The topological polar surface area (TPSA) is 78.9 Å². The number of ether oxygens (including phenoxy) is 3. The summed E-state index contributed by atoms with van der Waals surface area (Å²) in [5.74, 6) is 2.29. The second-order valence-electron chi connectivity index (χ2n) is 13.8. The fourth-order valence-electron chi connectivity index (χ4n) is 10.1. The first-order chi connectivity index (χ1) is 19.1. The summed E-state index contributed by atoms with van der Waals surface area (Å²) in [5, 5.41) is 0. The number of carbonyl (C=O) groups excluding carboxylic acids is 3. The molecule has 10 atom stereocenters. The third-order valence-electron chi connectivity index (χ3n) is 12.1. The molecule has 6 nitrogen and oxygen atoms in total. The normalized spacial score (nSPS) is 39.2. The molecule has 220 valence electrons. The van der Waals surface area contributed by atoms with Gasteiger partial charge in [0.1, 0.15) is 12.2 Å². The molecule has 4 aliphatic rings. The Morgan fingerprint density at radius 3 is 2.40 bits per heavy atom. The van der Waals surface area contributed by atoms with Crippen LogP contribution in [0.1, 0.15) is 102 Å². The van der Waals surface area contributed by atoms with Crippen molar-refractivity contribution in [2.75, 3.05) is 7.11 Å². The van der Waals surface area contributed by atoms with Gasteiger partial charge in [0.05, 0.1) is 12.7 Å². The Morgan fingerprint density at radius 1 is 0.950 bits per heavy atom. The fraction of sp³-hybridized carbons (Fsp3) is 0.735. The summed E-state index contributed by atoms with van der Waals surface area (Å²) < 4.78 is 17.2. The molecular formula is C34H48O6. The van der Waals surface area contributed by atoms with Crippen LogP contribution in [-0.2, 0) is 23.8 Å². The highest BCUT2D eigenvalue weighted by Crippen LogP contribution is 2.69. The second kappa shape index (κ2) is 11.5. The standard InChI is InChI=1S/C34H48O6/c1-21(11-16-31(36)38-5)27-14-15-28-26-13-12-24-19-25(39-22(2)35)17-18-33(24,3)29(26)20-30(34(27,28)4)40-32(37)23-9-7-6-8-10-23/h6-10,21,24-30H,11-20H2,1-5H3/t21-,24+,25-,26?,27?,28?,29?,30-,33?,34?/m1/s1. The van der Waals surface area contributed by atoms with Gasteiger partial charge in [0.25, 0.3) is 0 Å². The molecule has 5 rings (SSSR count). The van der Waals surface area contributed by atoms with Crippen molar-refractivity contribution in [2.45, 2.75) is 104 Å². The Hall–Kier alpha value is -2.37. The minimum absolute atomic E-state index is 0.0270. The zero-order valence-electron chi connectivity index (χ0n) is 25.0. The van der Waals surface area contributed by atoms with E-state index in [4.69, 9.17) is 14.2 Å². The highest BCUT2D eigenvalue weighted by Gasteiger charge is 2.65. The molecule has 0 N–H and O–H groups in total.